The Bertz CT molecular complexity index is 450. The maximum atomic E-state index is 12.2. The second kappa shape index (κ2) is 9.63. The number of rotatable bonds is 6. The van der Waals surface area contributed by atoms with Crippen molar-refractivity contribution in [2.45, 2.75) is 6.92 Å². The Morgan fingerprint density at radius 1 is 1.27 bits per heavy atom. The van der Waals surface area contributed by atoms with Crippen molar-refractivity contribution >= 4 is 12.0 Å². The molecular weight excluding hydrogens is 286 g/mol. The summed E-state index contributed by atoms with van der Waals surface area (Å²) in [5.74, 6) is -0.263. The smallest absolute Gasteiger partial charge is 0.407 e. The highest BCUT2D eigenvalue weighted by atomic mass is 16.5. The molecule has 8 heteroatoms. The Morgan fingerprint density at radius 2 is 1.95 bits per heavy atom. The molecule has 22 heavy (non-hydrogen) atoms. The molecule has 1 fully saturated rings. The third-order valence-electron chi connectivity index (χ3n) is 3.20. The molecule has 0 radical (unpaired) electrons. The zero-order valence-electron chi connectivity index (χ0n) is 13.1. The topological polar surface area (TPSA) is 97.7 Å². The first-order chi connectivity index (χ1) is 10.6. The summed E-state index contributed by atoms with van der Waals surface area (Å²) in [6.07, 6.45) is 0.912. The van der Waals surface area contributed by atoms with Gasteiger partial charge in [0.05, 0.1) is 6.61 Å². The SMILES string of the molecule is CCOC(=O)NCCN/C=C(/C#N)C(=O)N1CCN(C)CC1. The fourth-order valence-electron chi connectivity index (χ4n) is 1.91. The monoisotopic (exact) mass is 309 g/mol. The van der Waals surface area contributed by atoms with Crippen LogP contribution in [-0.4, -0.2) is 74.7 Å². The molecule has 0 saturated carbocycles. The van der Waals surface area contributed by atoms with Crippen molar-refractivity contribution in [3.8, 4) is 6.07 Å². The maximum Gasteiger partial charge on any atom is 0.407 e. The van der Waals surface area contributed by atoms with E-state index in [4.69, 9.17) is 10.00 Å². The molecule has 2 N–H and O–H groups in total. The van der Waals surface area contributed by atoms with Gasteiger partial charge in [-0.3, -0.25) is 4.79 Å². The van der Waals surface area contributed by atoms with Crippen LogP contribution in [0, 0.1) is 11.3 Å². The first kappa shape index (κ1) is 17.8. The highest BCUT2D eigenvalue weighted by Gasteiger charge is 2.21. The molecule has 8 nitrogen and oxygen atoms in total. The third kappa shape index (κ3) is 6.01. The van der Waals surface area contributed by atoms with Gasteiger partial charge in [0.1, 0.15) is 11.6 Å². The van der Waals surface area contributed by atoms with E-state index in [1.165, 1.54) is 6.20 Å². The lowest BCUT2D eigenvalue weighted by molar-refractivity contribution is -0.128. The van der Waals surface area contributed by atoms with Crippen LogP contribution in [0.3, 0.4) is 0 Å². The van der Waals surface area contributed by atoms with E-state index < -0.39 is 6.09 Å². The minimum Gasteiger partial charge on any atom is -0.450 e. The number of carbonyl (C=O) groups excluding carboxylic acids is 2. The number of piperazine rings is 1. The zero-order chi connectivity index (χ0) is 16.4. The molecule has 0 atom stereocenters. The van der Waals surface area contributed by atoms with Crippen molar-refractivity contribution < 1.29 is 14.3 Å². The third-order valence-corrected chi connectivity index (χ3v) is 3.20. The Balaban J connectivity index is 2.35. The molecule has 0 unspecified atom stereocenters. The summed E-state index contributed by atoms with van der Waals surface area (Å²) in [6, 6.07) is 1.91. The highest BCUT2D eigenvalue weighted by Crippen LogP contribution is 2.05. The van der Waals surface area contributed by atoms with Gasteiger partial charge in [-0.25, -0.2) is 4.79 Å². The quantitative estimate of drug-likeness (QED) is 0.390. The molecule has 0 spiro atoms. The van der Waals surface area contributed by atoms with Crippen LogP contribution in [0.25, 0.3) is 0 Å². The number of ether oxygens (including phenoxy) is 1. The minimum atomic E-state index is -0.484. The summed E-state index contributed by atoms with van der Waals surface area (Å²) < 4.78 is 4.71. The van der Waals surface area contributed by atoms with Crippen molar-refractivity contribution in [3.05, 3.63) is 11.8 Å². The van der Waals surface area contributed by atoms with E-state index in [-0.39, 0.29) is 11.5 Å². The molecular formula is C14H23N5O3. The van der Waals surface area contributed by atoms with E-state index in [0.29, 0.717) is 32.8 Å². The predicted molar refractivity (Wildman–Crippen MR) is 80.8 cm³/mol. The average molecular weight is 309 g/mol. The Hall–Kier alpha value is -2.27. The van der Waals surface area contributed by atoms with E-state index in [9.17, 15) is 9.59 Å². The number of nitrogens with zero attached hydrogens (tertiary/aromatic N) is 3. The molecule has 0 aromatic heterocycles. The number of nitrogens with one attached hydrogen (secondary N) is 2. The molecule has 2 amide bonds. The largest absolute Gasteiger partial charge is 0.450 e. The van der Waals surface area contributed by atoms with Gasteiger partial charge in [0.2, 0.25) is 0 Å². The molecule has 0 aliphatic carbocycles. The number of amides is 2. The van der Waals surface area contributed by atoms with E-state index in [1.807, 2.05) is 13.1 Å². The number of nitriles is 1. The number of alkyl carbamates (subject to hydrolysis) is 1. The first-order valence-electron chi connectivity index (χ1n) is 7.30. The summed E-state index contributed by atoms with van der Waals surface area (Å²) in [4.78, 5) is 27.0. The second-order valence-electron chi connectivity index (χ2n) is 4.87. The van der Waals surface area contributed by atoms with Gasteiger partial charge in [-0.2, -0.15) is 5.26 Å². The molecule has 1 heterocycles. The van der Waals surface area contributed by atoms with Crippen LogP contribution < -0.4 is 10.6 Å². The summed E-state index contributed by atoms with van der Waals surface area (Å²) in [5, 5.41) is 14.5. The van der Waals surface area contributed by atoms with Crippen LogP contribution in [0.2, 0.25) is 0 Å². The van der Waals surface area contributed by atoms with Gasteiger partial charge in [0, 0.05) is 45.5 Å². The average Bonchev–Trinajstić information content (AvgIpc) is 2.51. The highest BCUT2D eigenvalue weighted by molar-refractivity contribution is 5.97. The van der Waals surface area contributed by atoms with Gasteiger partial charge in [-0.1, -0.05) is 0 Å². The molecule has 0 aromatic rings. The number of carbonyl (C=O) groups is 2. The summed E-state index contributed by atoms with van der Waals surface area (Å²) in [7, 11) is 2.00. The lowest BCUT2D eigenvalue weighted by Crippen LogP contribution is -2.47. The van der Waals surface area contributed by atoms with Gasteiger partial charge in [-0.05, 0) is 14.0 Å². The van der Waals surface area contributed by atoms with E-state index >= 15 is 0 Å². The fraction of sp³-hybridized carbons (Fsp3) is 0.643. The summed E-state index contributed by atoms with van der Waals surface area (Å²) in [6.45, 7) is 5.65. The normalized spacial score (nSPS) is 15.9. The number of likely N-dealkylation sites (N-methyl/N-ethyl adjacent to an activating group) is 1. The first-order valence-corrected chi connectivity index (χ1v) is 7.30. The van der Waals surface area contributed by atoms with Crippen LogP contribution in [-0.2, 0) is 9.53 Å². The maximum absolute atomic E-state index is 12.2. The molecule has 1 aliphatic rings. The van der Waals surface area contributed by atoms with Crippen molar-refractivity contribution in [3.63, 3.8) is 0 Å². The van der Waals surface area contributed by atoms with Gasteiger partial charge in [-0.15, -0.1) is 0 Å². The lowest BCUT2D eigenvalue weighted by Gasteiger charge is -2.32. The zero-order valence-corrected chi connectivity index (χ0v) is 13.1. The second-order valence-corrected chi connectivity index (χ2v) is 4.87. The van der Waals surface area contributed by atoms with Crippen molar-refractivity contribution in [2.75, 3.05) is 52.9 Å². The van der Waals surface area contributed by atoms with Crippen LogP contribution in [0.4, 0.5) is 4.79 Å². The fourth-order valence-corrected chi connectivity index (χ4v) is 1.91. The number of hydrogen-bond acceptors (Lipinski definition) is 6. The van der Waals surface area contributed by atoms with E-state index in [2.05, 4.69) is 15.5 Å². The molecule has 122 valence electrons. The van der Waals surface area contributed by atoms with Crippen molar-refractivity contribution in [1.82, 2.24) is 20.4 Å². The molecule has 0 bridgehead atoms. The van der Waals surface area contributed by atoms with Gasteiger partial charge in [0.25, 0.3) is 5.91 Å². The molecule has 1 aliphatic heterocycles. The van der Waals surface area contributed by atoms with Crippen molar-refractivity contribution in [2.24, 2.45) is 0 Å². The van der Waals surface area contributed by atoms with E-state index in [0.717, 1.165) is 13.1 Å². The summed E-state index contributed by atoms with van der Waals surface area (Å²) in [5.41, 5.74) is 0.0701. The lowest BCUT2D eigenvalue weighted by atomic mass is 10.2. The van der Waals surface area contributed by atoms with Gasteiger partial charge in [0.15, 0.2) is 0 Å². The Labute approximate surface area is 130 Å². The molecule has 1 saturated heterocycles. The van der Waals surface area contributed by atoms with Crippen LogP contribution in [0.1, 0.15) is 6.92 Å². The Kier molecular flexibility index (Phi) is 7.78. The molecule has 0 aromatic carbocycles. The van der Waals surface area contributed by atoms with Crippen LogP contribution in [0.5, 0.6) is 0 Å². The van der Waals surface area contributed by atoms with Gasteiger partial charge >= 0.3 is 6.09 Å². The summed E-state index contributed by atoms with van der Waals surface area (Å²) >= 11 is 0. The minimum absolute atomic E-state index is 0.0701. The molecule has 1 rings (SSSR count). The predicted octanol–water partition coefficient (Wildman–Crippen LogP) is -0.496. The standard InChI is InChI=1S/C14H23N5O3/c1-3-22-14(21)17-5-4-16-11-12(10-15)13(20)19-8-6-18(2)7-9-19/h11,16H,3-9H2,1-2H3,(H,17,21)/b12-11-. The van der Waals surface area contributed by atoms with Crippen molar-refractivity contribution in [1.29, 1.82) is 5.26 Å². The Morgan fingerprint density at radius 3 is 2.55 bits per heavy atom. The van der Waals surface area contributed by atoms with Crippen LogP contribution in [0.15, 0.2) is 11.8 Å². The van der Waals surface area contributed by atoms with E-state index in [1.54, 1.807) is 11.8 Å². The number of hydrogen-bond donors (Lipinski definition) is 2. The van der Waals surface area contributed by atoms with Crippen LogP contribution >= 0.6 is 0 Å². The van der Waals surface area contributed by atoms with Gasteiger partial charge < -0.3 is 25.2 Å².